The van der Waals surface area contributed by atoms with Crippen LogP contribution in [0.1, 0.15) is 36.6 Å². The zero-order chi connectivity index (χ0) is 23.8. The van der Waals surface area contributed by atoms with E-state index in [9.17, 15) is 14.7 Å². The number of pyridine rings is 2. The van der Waals surface area contributed by atoms with E-state index in [2.05, 4.69) is 36.5 Å². The van der Waals surface area contributed by atoms with Crippen molar-refractivity contribution < 1.29 is 19.8 Å². The fourth-order valence-corrected chi connectivity index (χ4v) is 3.66. The average molecular weight is 534 g/mol. The van der Waals surface area contributed by atoms with E-state index in [-0.39, 0.29) is 5.91 Å². The Morgan fingerprint density at radius 3 is 2.58 bits per heavy atom. The van der Waals surface area contributed by atoms with Gasteiger partial charge in [0.15, 0.2) is 0 Å². The fourth-order valence-electron chi connectivity index (χ4n) is 3.15. The quantitative estimate of drug-likeness (QED) is 0.213. The van der Waals surface area contributed by atoms with Crippen molar-refractivity contribution >= 4 is 50.9 Å². The number of carbonyl (C=O) groups excluding carboxylic acids is 1. The summed E-state index contributed by atoms with van der Waals surface area (Å²) in [5.74, 6) is -0.189. The first-order valence-electron chi connectivity index (χ1n) is 10.1. The topological polar surface area (TPSA) is 124 Å². The van der Waals surface area contributed by atoms with E-state index < -0.39 is 12.2 Å². The van der Waals surface area contributed by atoms with Crippen molar-refractivity contribution in [3.05, 3.63) is 71.1 Å². The Hall–Kier alpha value is -3.01. The smallest absolute Gasteiger partial charge is 0.409 e. The lowest BCUT2D eigenvalue weighted by atomic mass is 10.0. The van der Waals surface area contributed by atoms with Gasteiger partial charge in [-0.3, -0.25) is 20.1 Å². The number of nitrogens with one attached hydrogen (secondary N) is 2. The van der Waals surface area contributed by atoms with Crippen LogP contribution in [0.4, 0.5) is 16.2 Å². The van der Waals surface area contributed by atoms with E-state index in [0.717, 1.165) is 11.8 Å². The van der Waals surface area contributed by atoms with Crippen molar-refractivity contribution in [3.8, 4) is 11.3 Å². The Morgan fingerprint density at radius 2 is 1.88 bits per heavy atom. The van der Waals surface area contributed by atoms with Crippen LogP contribution < -0.4 is 10.6 Å². The van der Waals surface area contributed by atoms with Gasteiger partial charge >= 0.3 is 6.09 Å². The normalized spacial score (nSPS) is 11.6. The molecule has 4 N–H and O–H groups in total. The molecule has 8 nitrogen and oxygen atoms in total. The summed E-state index contributed by atoms with van der Waals surface area (Å²) in [6.07, 6.45) is 2.70. The van der Waals surface area contributed by atoms with Gasteiger partial charge in [-0.25, -0.2) is 4.79 Å². The van der Waals surface area contributed by atoms with Crippen molar-refractivity contribution in [2.75, 3.05) is 16.0 Å². The van der Waals surface area contributed by atoms with Crippen LogP contribution >= 0.6 is 27.5 Å². The number of nitrogens with zero attached hydrogens (tertiary/aromatic N) is 2. The van der Waals surface area contributed by atoms with Crippen molar-refractivity contribution in [2.24, 2.45) is 0 Å². The Labute approximate surface area is 204 Å². The molecule has 0 radical (unpaired) electrons. The molecule has 0 bridgehead atoms. The number of benzene rings is 1. The number of carboxylic acid groups (broad SMARTS) is 1. The van der Waals surface area contributed by atoms with Gasteiger partial charge in [0.25, 0.3) is 0 Å². The van der Waals surface area contributed by atoms with Gasteiger partial charge in [0.2, 0.25) is 5.91 Å². The van der Waals surface area contributed by atoms with Gasteiger partial charge in [-0.1, -0.05) is 27.5 Å². The van der Waals surface area contributed by atoms with Crippen LogP contribution in [0.5, 0.6) is 0 Å². The van der Waals surface area contributed by atoms with Crippen LogP contribution in [0.3, 0.4) is 0 Å². The molecule has 1 aromatic carbocycles. The van der Waals surface area contributed by atoms with Crippen molar-refractivity contribution in [3.63, 3.8) is 0 Å². The predicted octanol–water partition coefficient (Wildman–Crippen LogP) is 5.47. The van der Waals surface area contributed by atoms with E-state index in [1.807, 2.05) is 0 Å². The summed E-state index contributed by atoms with van der Waals surface area (Å²) in [5, 5.41) is 26.2. The number of aliphatic hydroxyl groups is 1. The maximum Gasteiger partial charge on any atom is 0.409 e. The Balaban J connectivity index is 1.93. The number of aliphatic hydroxyl groups excluding tert-OH is 1. The van der Waals surface area contributed by atoms with Crippen molar-refractivity contribution in [1.29, 1.82) is 0 Å². The summed E-state index contributed by atoms with van der Waals surface area (Å²) >= 11 is 9.22. The average Bonchev–Trinajstić information content (AvgIpc) is 2.79. The zero-order valence-corrected chi connectivity index (χ0v) is 19.8. The molecule has 1 atom stereocenters. The summed E-state index contributed by atoms with van der Waals surface area (Å²) in [5.41, 5.74) is 2.78. The molecule has 2 aromatic heterocycles. The highest BCUT2D eigenvalue weighted by molar-refractivity contribution is 9.09. The van der Waals surface area contributed by atoms with Crippen LogP contribution in [-0.4, -0.2) is 37.5 Å². The molecule has 0 aliphatic carbocycles. The molecule has 0 saturated heterocycles. The number of amides is 2. The molecule has 0 aliphatic heterocycles. The third-order valence-electron chi connectivity index (χ3n) is 4.74. The minimum atomic E-state index is -1.21. The maximum absolute atomic E-state index is 12.4. The molecule has 3 aromatic rings. The number of hydrogen-bond acceptors (Lipinski definition) is 5. The van der Waals surface area contributed by atoms with Crippen LogP contribution in [0.15, 0.2) is 54.9 Å². The molecule has 3 rings (SSSR count). The third kappa shape index (κ3) is 6.98. The van der Waals surface area contributed by atoms with E-state index in [1.54, 1.807) is 42.6 Å². The summed E-state index contributed by atoms with van der Waals surface area (Å²) < 4.78 is 0. The molecule has 33 heavy (non-hydrogen) atoms. The van der Waals surface area contributed by atoms with Crippen molar-refractivity contribution in [1.82, 2.24) is 9.97 Å². The van der Waals surface area contributed by atoms with Gasteiger partial charge < -0.3 is 15.5 Å². The monoisotopic (exact) mass is 532 g/mol. The molecule has 10 heteroatoms. The first kappa shape index (κ1) is 24.6. The fraction of sp³-hybridized carbons (Fsp3) is 0.217. The highest BCUT2D eigenvalue weighted by Crippen LogP contribution is 2.32. The van der Waals surface area contributed by atoms with Crippen LogP contribution in [-0.2, 0) is 4.79 Å². The lowest BCUT2D eigenvalue weighted by Gasteiger charge is -2.15. The largest absolute Gasteiger partial charge is 0.465 e. The number of rotatable bonds is 9. The number of alkyl halides is 1. The molecule has 0 saturated carbocycles. The van der Waals surface area contributed by atoms with Crippen LogP contribution in [0, 0.1) is 0 Å². The predicted molar refractivity (Wildman–Crippen MR) is 131 cm³/mol. The molecule has 0 aliphatic rings. The molecule has 1 unspecified atom stereocenters. The van der Waals surface area contributed by atoms with Gasteiger partial charge in [0.1, 0.15) is 6.10 Å². The number of anilines is 2. The molecule has 0 spiro atoms. The lowest BCUT2D eigenvalue weighted by Crippen LogP contribution is -2.13. The highest BCUT2D eigenvalue weighted by Gasteiger charge is 2.16. The van der Waals surface area contributed by atoms with Gasteiger partial charge in [-0.05, 0) is 60.9 Å². The summed E-state index contributed by atoms with van der Waals surface area (Å²) in [7, 11) is 0. The number of carbonyl (C=O) groups is 2. The highest BCUT2D eigenvalue weighted by atomic mass is 79.9. The number of hydrogen-bond donors (Lipinski definition) is 4. The first-order chi connectivity index (χ1) is 15.9. The minimum Gasteiger partial charge on any atom is -0.465 e. The zero-order valence-electron chi connectivity index (χ0n) is 17.5. The Morgan fingerprint density at radius 1 is 1.06 bits per heavy atom. The number of unbranched alkanes of at least 4 members (excludes halogenated alkanes) is 1. The van der Waals surface area contributed by atoms with E-state index >= 15 is 0 Å². The molecule has 2 amide bonds. The lowest BCUT2D eigenvalue weighted by molar-refractivity contribution is -0.116. The third-order valence-corrected chi connectivity index (χ3v) is 5.52. The minimum absolute atomic E-state index is 0.189. The Kier molecular flexibility index (Phi) is 8.76. The van der Waals surface area contributed by atoms with Crippen molar-refractivity contribution in [2.45, 2.75) is 25.4 Å². The van der Waals surface area contributed by atoms with Crippen LogP contribution in [0.25, 0.3) is 11.3 Å². The first-order valence-corrected chi connectivity index (χ1v) is 11.6. The maximum atomic E-state index is 12.4. The molecule has 0 fully saturated rings. The molecular weight excluding hydrogens is 512 g/mol. The number of aromatic nitrogens is 2. The van der Waals surface area contributed by atoms with E-state index in [4.69, 9.17) is 16.7 Å². The standard InChI is InChI=1S/C23H22BrClN4O4/c24-9-2-1-3-21(30)29-20-12-16(28-23(32)33)5-6-17(20)19-11-14(8-10-26-19)22(31)18-7-4-15(25)13-27-18/h4-8,10-13,22,28,31H,1-3,9H2,(H,29,30)(H,32,33). The molecular formula is C23H22BrClN4O4. The van der Waals surface area contributed by atoms with Gasteiger partial charge in [-0.2, -0.15) is 0 Å². The van der Waals surface area contributed by atoms with E-state index in [1.165, 1.54) is 12.3 Å². The molecule has 172 valence electrons. The van der Waals surface area contributed by atoms with Gasteiger partial charge in [0, 0.05) is 35.4 Å². The van der Waals surface area contributed by atoms with Crippen LogP contribution in [0.2, 0.25) is 5.02 Å². The molecule has 2 heterocycles. The number of halogens is 2. The van der Waals surface area contributed by atoms with Gasteiger partial charge in [0.05, 0.1) is 22.1 Å². The second-order valence-electron chi connectivity index (χ2n) is 7.16. The van der Waals surface area contributed by atoms with E-state index in [0.29, 0.717) is 51.8 Å². The second kappa shape index (κ2) is 11.7. The SMILES string of the molecule is O=C(O)Nc1ccc(-c2cc(C(O)c3ccc(Cl)cn3)ccn2)c(NC(=O)CCCCBr)c1. The Bertz CT molecular complexity index is 1130. The second-order valence-corrected chi connectivity index (χ2v) is 8.39. The summed E-state index contributed by atoms with van der Waals surface area (Å²) in [6.45, 7) is 0. The van der Waals surface area contributed by atoms with Gasteiger partial charge in [-0.15, -0.1) is 0 Å². The summed E-state index contributed by atoms with van der Waals surface area (Å²) in [4.78, 5) is 32.0. The summed E-state index contributed by atoms with van der Waals surface area (Å²) in [6, 6.07) is 11.4.